The van der Waals surface area contributed by atoms with Crippen LogP contribution in [-0.4, -0.2) is 24.3 Å². The molecule has 156 valence electrons. The van der Waals surface area contributed by atoms with E-state index in [1.165, 1.54) is 29.8 Å². The molecule has 31 heavy (non-hydrogen) atoms. The number of imidazole rings is 1. The molecule has 4 heterocycles. The first-order valence-electron chi connectivity index (χ1n) is 9.87. The predicted octanol–water partition coefficient (Wildman–Crippen LogP) is 4.71. The monoisotopic (exact) mass is 434 g/mol. The average molecular weight is 435 g/mol. The standard InChI is InChI=1S/C22H19FN6OS/c1-3-16(28-21-19-20(25-10-24-19)26-11-27-21)15-8-17-29(12(2)9-31-17)22(30)18(15)13-5-4-6-14(23)7-13/h4-11,16H,3H2,1-2H3,(H2,24,25,26,27,28). The Morgan fingerprint density at radius 1 is 1.26 bits per heavy atom. The number of hydrogen-bond acceptors (Lipinski definition) is 6. The fourth-order valence-electron chi connectivity index (χ4n) is 3.87. The highest BCUT2D eigenvalue weighted by Gasteiger charge is 2.22. The predicted molar refractivity (Wildman–Crippen MR) is 120 cm³/mol. The summed E-state index contributed by atoms with van der Waals surface area (Å²) in [5.41, 5.74) is 3.77. The van der Waals surface area contributed by atoms with Gasteiger partial charge in [0.05, 0.1) is 17.9 Å². The number of hydrogen-bond donors (Lipinski definition) is 2. The van der Waals surface area contributed by atoms with E-state index in [2.05, 4.69) is 25.3 Å². The molecule has 0 bridgehead atoms. The summed E-state index contributed by atoms with van der Waals surface area (Å²) in [6.45, 7) is 3.92. The first kappa shape index (κ1) is 19.4. The van der Waals surface area contributed by atoms with Crippen LogP contribution in [0.4, 0.5) is 10.2 Å². The lowest BCUT2D eigenvalue weighted by Gasteiger charge is -2.21. The number of aryl methyl sites for hydroxylation is 1. The normalized spacial score (nSPS) is 12.5. The van der Waals surface area contributed by atoms with Gasteiger partial charge in [0.15, 0.2) is 11.5 Å². The quantitative estimate of drug-likeness (QED) is 0.418. The number of anilines is 1. The number of fused-ring (bicyclic) bond motifs is 2. The van der Waals surface area contributed by atoms with E-state index >= 15 is 0 Å². The van der Waals surface area contributed by atoms with Crippen LogP contribution >= 0.6 is 11.3 Å². The molecule has 0 saturated heterocycles. The number of rotatable bonds is 5. The fraction of sp³-hybridized carbons (Fsp3) is 0.182. The molecule has 0 spiro atoms. The smallest absolute Gasteiger partial charge is 0.264 e. The van der Waals surface area contributed by atoms with Crippen molar-refractivity contribution in [1.82, 2.24) is 24.3 Å². The van der Waals surface area contributed by atoms with Crippen molar-refractivity contribution in [3.05, 3.63) is 75.8 Å². The molecule has 5 rings (SSSR count). The zero-order valence-electron chi connectivity index (χ0n) is 16.9. The van der Waals surface area contributed by atoms with Crippen LogP contribution in [0.25, 0.3) is 27.1 Å². The van der Waals surface area contributed by atoms with Crippen LogP contribution < -0.4 is 10.9 Å². The largest absolute Gasteiger partial charge is 0.361 e. The topological polar surface area (TPSA) is 88.0 Å². The highest BCUT2D eigenvalue weighted by atomic mass is 32.1. The maximum absolute atomic E-state index is 14.1. The van der Waals surface area contributed by atoms with Gasteiger partial charge >= 0.3 is 0 Å². The molecular weight excluding hydrogens is 415 g/mol. The molecule has 0 aliphatic carbocycles. The van der Waals surface area contributed by atoms with Crippen molar-refractivity contribution < 1.29 is 4.39 Å². The molecule has 2 N–H and O–H groups in total. The number of H-pyrrole nitrogens is 1. The van der Waals surface area contributed by atoms with E-state index in [1.54, 1.807) is 22.9 Å². The van der Waals surface area contributed by atoms with Crippen molar-refractivity contribution in [2.45, 2.75) is 26.3 Å². The van der Waals surface area contributed by atoms with Crippen LogP contribution in [-0.2, 0) is 0 Å². The van der Waals surface area contributed by atoms with Crippen molar-refractivity contribution in [2.75, 3.05) is 5.32 Å². The van der Waals surface area contributed by atoms with Crippen molar-refractivity contribution >= 4 is 33.1 Å². The van der Waals surface area contributed by atoms with Gasteiger partial charge in [-0.05, 0) is 42.7 Å². The summed E-state index contributed by atoms with van der Waals surface area (Å²) in [7, 11) is 0. The first-order chi connectivity index (χ1) is 15.1. The van der Waals surface area contributed by atoms with E-state index < -0.39 is 0 Å². The van der Waals surface area contributed by atoms with Gasteiger partial charge in [0, 0.05) is 11.1 Å². The van der Waals surface area contributed by atoms with Gasteiger partial charge in [0.25, 0.3) is 5.56 Å². The molecule has 7 nitrogen and oxygen atoms in total. The molecule has 0 radical (unpaired) electrons. The minimum Gasteiger partial charge on any atom is -0.361 e. The third-order valence-electron chi connectivity index (χ3n) is 5.34. The number of aromatic amines is 1. The average Bonchev–Trinajstić information content (AvgIpc) is 3.39. The van der Waals surface area contributed by atoms with Crippen LogP contribution in [0.1, 0.15) is 30.6 Å². The van der Waals surface area contributed by atoms with Gasteiger partial charge in [-0.25, -0.2) is 19.3 Å². The summed E-state index contributed by atoms with van der Waals surface area (Å²) >= 11 is 1.51. The van der Waals surface area contributed by atoms with E-state index in [4.69, 9.17) is 0 Å². The number of pyridine rings is 1. The van der Waals surface area contributed by atoms with Crippen molar-refractivity contribution in [3.63, 3.8) is 0 Å². The molecule has 1 aromatic carbocycles. The van der Waals surface area contributed by atoms with Gasteiger partial charge in [0.2, 0.25) is 0 Å². The number of halogens is 1. The Balaban J connectivity index is 1.73. The van der Waals surface area contributed by atoms with Crippen LogP contribution in [0, 0.1) is 12.7 Å². The Kier molecular flexibility index (Phi) is 4.74. The molecule has 1 atom stereocenters. The van der Waals surface area contributed by atoms with Gasteiger partial charge in [-0.1, -0.05) is 19.1 Å². The molecular formula is C22H19FN6OS. The second-order valence-electron chi connectivity index (χ2n) is 7.27. The van der Waals surface area contributed by atoms with Crippen LogP contribution in [0.3, 0.4) is 0 Å². The first-order valence-corrected chi connectivity index (χ1v) is 10.7. The van der Waals surface area contributed by atoms with Crippen LogP contribution in [0.5, 0.6) is 0 Å². The minimum absolute atomic E-state index is 0.161. The maximum atomic E-state index is 14.1. The number of nitrogens with zero attached hydrogens (tertiary/aromatic N) is 4. The molecule has 5 aromatic rings. The van der Waals surface area contributed by atoms with Gasteiger partial charge < -0.3 is 10.3 Å². The third kappa shape index (κ3) is 3.27. The summed E-state index contributed by atoms with van der Waals surface area (Å²) in [5.74, 6) is 0.216. The Bertz CT molecular complexity index is 1470. The van der Waals surface area contributed by atoms with Crippen molar-refractivity contribution in [2.24, 2.45) is 0 Å². The fourth-order valence-corrected chi connectivity index (χ4v) is 4.80. The van der Waals surface area contributed by atoms with E-state index in [9.17, 15) is 9.18 Å². The number of nitrogens with one attached hydrogen (secondary N) is 2. The van der Waals surface area contributed by atoms with Gasteiger partial charge in [0.1, 0.15) is 22.5 Å². The molecule has 4 aromatic heterocycles. The van der Waals surface area contributed by atoms with Crippen LogP contribution in [0.15, 0.2) is 53.2 Å². The number of benzene rings is 1. The Morgan fingerprint density at radius 2 is 2.13 bits per heavy atom. The van der Waals surface area contributed by atoms with Crippen LogP contribution in [0.2, 0.25) is 0 Å². The highest BCUT2D eigenvalue weighted by Crippen LogP contribution is 2.33. The zero-order valence-corrected chi connectivity index (χ0v) is 17.7. The number of aromatic nitrogens is 5. The lowest BCUT2D eigenvalue weighted by atomic mass is 9.95. The van der Waals surface area contributed by atoms with E-state index in [0.29, 0.717) is 34.5 Å². The summed E-state index contributed by atoms with van der Waals surface area (Å²) < 4.78 is 15.7. The summed E-state index contributed by atoms with van der Waals surface area (Å²) in [4.78, 5) is 30.2. The second kappa shape index (κ2) is 7.59. The molecule has 9 heteroatoms. The lowest BCUT2D eigenvalue weighted by molar-refractivity contribution is 0.628. The van der Waals surface area contributed by atoms with Crippen molar-refractivity contribution in [3.8, 4) is 11.1 Å². The molecule has 0 aliphatic rings. The maximum Gasteiger partial charge on any atom is 0.264 e. The second-order valence-corrected chi connectivity index (χ2v) is 8.16. The number of thiazole rings is 1. The Hall–Kier alpha value is -3.59. The lowest BCUT2D eigenvalue weighted by Crippen LogP contribution is -2.22. The van der Waals surface area contributed by atoms with Crippen molar-refractivity contribution in [1.29, 1.82) is 0 Å². The zero-order chi connectivity index (χ0) is 21.5. The molecule has 0 aliphatic heterocycles. The van der Waals surface area contributed by atoms with Gasteiger partial charge in [-0.2, -0.15) is 0 Å². The van der Waals surface area contributed by atoms with Gasteiger partial charge in [-0.3, -0.25) is 9.20 Å². The summed E-state index contributed by atoms with van der Waals surface area (Å²) in [5, 5.41) is 5.39. The highest BCUT2D eigenvalue weighted by molar-refractivity contribution is 7.15. The van der Waals surface area contributed by atoms with E-state index in [0.717, 1.165) is 16.1 Å². The van der Waals surface area contributed by atoms with E-state index in [-0.39, 0.29) is 17.4 Å². The Morgan fingerprint density at radius 3 is 2.94 bits per heavy atom. The summed E-state index contributed by atoms with van der Waals surface area (Å²) in [6, 6.07) is 7.93. The minimum atomic E-state index is -0.383. The molecule has 0 amide bonds. The van der Waals surface area contributed by atoms with E-state index in [1.807, 2.05) is 25.3 Å². The van der Waals surface area contributed by atoms with Gasteiger partial charge in [-0.15, -0.1) is 11.3 Å². The third-order valence-corrected chi connectivity index (χ3v) is 6.34. The Labute approximate surface area is 180 Å². The SMILES string of the molecule is CCC(Nc1ncnc2nc[nH]c12)c1cc2scc(C)n2c(=O)c1-c1cccc(F)c1. The molecule has 0 fully saturated rings. The molecule has 0 saturated carbocycles. The summed E-state index contributed by atoms with van der Waals surface area (Å²) in [6.07, 6.45) is 3.70. The molecule has 1 unspecified atom stereocenters.